The highest BCUT2D eigenvalue weighted by molar-refractivity contribution is 5.40. The van der Waals surface area contributed by atoms with Crippen molar-refractivity contribution in [1.82, 2.24) is 0 Å². The maximum Gasteiger partial charge on any atom is 0.128 e. The summed E-state index contributed by atoms with van der Waals surface area (Å²) in [5.41, 5.74) is 0.794. The zero-order valence-electron chi connectivity index (χ0n) is 10.7. The number of benzene rings is 1. The standard InChI is InChI=1S/C14H20O4/c1-16-13-3-2-12(9-15)14(8-13)18-10-11-4-6-17-7-5-11/h2-3,8,11,15H,4-7,9-10H2,1H3. The third kappa shape index (κ3) is 3.37. The van der Waals surface area contributed by atoms with Gasteiger partial charge in [0.15, 0.2) is 0 Å². The first-order valence-electron chi connectivity index (χ1n) is 6.32. The molecule has 1 fully saturated rings. The molecule has 18 heavy (non-hydrogen) atoms. The number of aliphatic hydroxyl groups is 1. The number of aliphatic hydroxyl groups excluding tert-OH is 1. The van der Waals surface area contributed by atoms with E-state index in [1.165, 1.54) is 0 Å². The van der Waals surface area contributed by atoms with Crippen LogP contribution < -0.4 is 9.47 Å². The third-order valence-corrected chi connectivity index (χ3v) is 3.26. The van der Waals surface area contributed by atoms with Crippen molar-refractivity contribution < 1.29 is 19.3 Å². The minimum absolute atomic E-state index is 0.0207. The molecule has 0 spiro atoms. The first-order chi connectivity index (χ1) is 8.83. The van der Waals surface area contributed by atoms with Gasteiger partial charge in [0.25, 0.3) is 0 Å². The van der Waals surface area contributed by atoms with Crippen molar-refractivity contribution in [1.29, 1.82) is 0 Å². The summed E-state index contributed by atoms with van der Waals surface area (Å²) in [6.45, 7) is 2.29. The largest absolute Gasteiger partial charge is 0.497 e. The van der Waals surface area contributed by atoms with Crippen molar-refractivity contribution in [3.63, 3.8) is 0 Å². The fourth-order valence-electron chi connectivity index (χ4n) is 2.05. The lowest BCUT2D eigenvalue weighted by Crippen LogP contribution is -2.21. The summed E-state index contributed by atoms with van der Waals surface area (Å²) in [5.74, 6) is 1.99. The van der Waals surface area contributed by atoms with E-state index >= 15 is 0 Å². The Hall–Kier alpha value is -1.26. The maximum absolute atomic E-state index is 9.28. The Morgan fingerprint density at radius 1 is 1.33 bits per heavy atom. The summed E-state index contributed by atoms with van der Waals surface area (Å²) >= 11 is 0. The highest BCUT2D eigenvalue weighted by Gasteiger charge is 2.15. The lowest BCUT2D eigenvalue weighted by molar-refractivity contribution is 0.0493. The van der Waals surface area contributed by atoms with E-state index in [-0.39, 0.29) is 6.61 Å². The minimum atomic E-state index is -0.0207. The zero-order valence-corrected chi connectivity index (χ0v) is 10.7. The molecule has 1 aliphatic rings. The van der Waals surface area contributed by atoms with Crippen LogP contribution in [0.2, 0.25) is 0 Å². The van der Waals surface area contributed by atoms with Crippen LogP contribution in [-0.2, 0) is 11.3 Å². The Morgan fingerprint density at radius 2 is 2.11 bits per heavy atom. The van der Waals surface area contributed by atoms with E-state index in [0.717, 1.165) is 37.4 Å². The van der Waals surface area contributed by atoms with Crippen LogP contribution in [0.4, 0.5) is 0 Å². The molecule has 4 nitrogen and oxygen atoms in total. The fraction of sp³-hybridized carbons (Fsp3) is 0.571. The average Bonchev–Trinajstić information content (AvgIpc) is 2.45. The van der Waals surface area contributed by atoms with Gasteiger partial charge in [-0.15, -0.1) is 0 Å². The van der Waals surface area contributed by atoms with Crippen LogP contribution in [0.5, 0.6) is 11.5 Å². The predicted octanol–water partition coefficient (Wildman–Crippen LogP) is 1.99. The SMILES string of the molecule is COc1ccc(CO)c(OCC2CCOCC2)c1. The monoisotopic (exact) mass is 252 g/mol. The molecule has 0 aromatic heterocycles. The van der Waals surface area contributed by atoms with E-state index < -0.39 is 0 Å². The summed E-state index contributed by atoms with van der Waals surface area (Å²) in [6.07, 6.45) is 2.08. The fourth-order valence-corrected chi connectivity index (χ4v) is 2.05. The van der Waals surface area contributed by atoms with Crippen molar-refractivity contribution in [3.8, 4) is 11.5 Å². The van der Waals surface area contributed by atoms with Gasteiger partial charge in [0, 0.05) is 24.8 Å². The molecule has 1 N–H and O–H groups in total. The van der Waals surface area contributed by atoms with E-state index in [2.05, 4.69) is 0 Å². The number of ether oxygens (including phenoxy) is 3. The van der Waals surface area contributed by atoms with Gasteiger partial charge in [-0.3, -0.25) is 0 Å². The Morgan fingerprint density at radius 3 is 2.78 bits per heavy atom. The highest BCUT2D eigenvalue weighted by atomic mass is 16.5. The topological polar surface area (TPSA) is 47.9 Å². The van der Waals surface area contributed by atoms with Crippen LogP contribution >= 0.6 is 0 Å². The van der Waals surface area contributed by atoms with Crippen molar-refractivity contribution in [2.75, 3.05) is 26.9 Å². The molecule has 100 valence electrons. The Balaban J connectivity index is 1.97. The van der Waals surface area contributed by atoms with Gasteiger partial charge in [-0.05, 0) is 30.9 Å². The number of methoxy groups -OCH3 is 1. The second-order valence-corrected chi connectivity index (χ2v) is 4.50. The van der Waals surface area contributed by atoms with E-state index in [1.54, 1.807) is 7.11 Å². The second kappa shape index (κ2) is 6.61. The van der Waals surface area contributed by atoms with Crippen LogP contribution in [0.1, 0.15) is 18.4 Å². The molecule has 0 bridgehead atoms. The predicted molar refractivity (Wildman–Crippen MR) is 68.0 cm³/mol. The molecule has 0 saturated carbocycles. The van der Waals surface area contributed by atoms with Gasteiger partial charge in [0.2, 0.25) is 0 Å². The molecule has 1 heterocycles. The van der Waals surface area contributed by atoms with E-state index in [9.17, 15) is 5.11 Å². The Kier molecular flexibility index (Phi) is 4.84. The van der Waals surface area contributed by atoms with Crippen molar-refractivity contribution in [2.45, 2.75) is 19.4 Å². The summed E-state index contributed by atoms with van der Waals surface area (Å²) in [4.78, 5) is 0. The van der Waals surface area contributed by atoms with Crippen LogP contribution in [0, 0.1) is 5.92 Å². The number of hydrogen-bond donors (Lipinski definition) is 1. The van der Waals surface area contributed by atoms with Crippen LogP contribution in [0.25, 0.3) is 0 Å². The molecule has 0 atom stereocenters. The Bertz CT molecular complexity index is 372. The molecule has 4 heteroatoms. The van der Waals surface area contributed by atoms with Gasteiger partial charge in [-0.1, -0.05) is 0 Å². The van der Waals surface area contributed by atoms with Gasteiger partial charge in [0.05, 0.1) is 20.3 Å². The van der Waals surface area contributed by atoms with Crippen LogP contribution in [-0.4, -0.2) is 32.0 Å². The molecule has 1 aliphatic heterocycles. The van der Waals surface area contributed by atoms with Gasteiger partial charge in [-0.2, -0.15) is 0 Å². The molecule has 1 saturated heterocycles. The van der Waals surface area contributed by atoms with Gasteiger partial charge in [0.1, 0.15) is 11.5 Å². The molecule has 1 aromatic rings. The number of hydrogen-bond acceptors (Lipinski definition) is 4. The van der Waals surface area contributed by atoms with Crippen molar-refractivity contribution in [2.24, 2.45) is 5.92 Å². The molecular weight excluding hydrogens is 232 g/mol. The second-order valence-electron chi connectivity index (χ2n) is 4.50. The first kappa shape index (κ1) is 13.2. The van der Waals surface area contributed by atoms with Gasteiger partial charge < -0.3 is 19.3 Å². The average molecular weight is 252 g/mol. The normalized spacial score (nSPS) is 16.6. The molecule has 0 amide bonds. The van der Waals surface area contributed by atoms with Crippen molar-refractivity contribution >= 4 is 0 Å². The summed E-state index contributed by atoms with van der Waals surface area (Å²) in [7, 11) is 1.62. The van der Waals surface area contributed by atoms with Crippen LogP contribution in [0.3, 0.4) is 0 Å². The molecule has 0 aliphatic carbocycles. The van der Waals surface area contributed by atoms with E-state index in [1.807, 2.05) is 18.2 Å². The Labute approximate surface area is 107 Å². The smallest absolute Gasteiger partial charge is 0.128 e. The summed E-state index contributed by atoms with van der Waals surface area (Å²) in [6, 6.07) is 5.48. The third-order valence-electron chi connectivity index (χ3n) is 3.26. The minimum Gasteiger partial charge on any atom is -0.497 e. The zero-order chi connectivity index (χ0) is 12.8. The molecule has 2 rings (SSSR count). The molecule has 1 aromatic carbocycles. The summed E-state index contributed by atoms with van der Waals surface area (Å²) < 4.78 is 16.3. The van der Waals surface area contributed by atoms with Crippen LogP contribution in [0.15, 0.2) is 18.2 Å². The van der Waals surface area contributed by atoms with Crippen molar-refractivity contribution in [3.05, 3.63) is 23.8 Å². The highest BCUT2D eigenvalue weighted by Crippen LogP contribution is 2.26. The molecule has 0 radical (unpaired) electrons. The lowest BCUT2D eigenvalue weighted by atomic mass is 10.0. The quantitative estimate of drug-likeness (QED) is 0.870. The van der Waals surface area contributed by atoms with E-state index in [4.69, 9.17) is 14.2 Å². The number of rotatable bonds is 5. The van der Waals surface area contributed by atoms with E-state index in [0.29, 0.717) is 18.3 Å². The molecule has 0 unspecified atom stereocenters. The molecular formula is C14H20O4. The lowest BCUT2D eigenvalue weighted by Gasteiger charge is -2.22. The first-order valence-corrected chi connectivity index (χ1v) is 6.32. The van der Waals surface area contributed by atoms with Gasteiger partial charge in [-0.25, -0.2) is 0 Å². The van der Waals surface area contributed by atoms with Gasteiger partial charge >= 0.3 is 0 Å². The maximum atomic E-state index is 9.28. The summed E-state index contributed by atoms with van der Waals surface area (Å²) in [5, 5.41) is 9.28.